The van der Waals surface area contributed by atoms with E-state index < -0.39 is 18.6 Å². The van der Waals surface area contributed by atoms with E-state index in [0.29, 0.717) is 5.75 Å². The van der Waals surface area contributed by atoms with E-state index >= 15 is 0 Å². The fourth-order valence-electron chi connectivity index (χ4n) is 3.44. The van der Waals surface area contributed by atoms with Crippen molar-refractivity contribution in [1.82, 2.24) is 0 Å². The molecule has 0 aromatic heterocycles. The number of hydrogen-bond acceptors (Lipinski definition) is 2. The lowest BCUT2D eigenvalue weighted by Crippen LogP contribution is -2.20. The van der Waals surface area contributed by atoms with Crippen molar-refractivity contribution in [1.29, 1.82) is 0 Å². The fourth-order valence-corrected chi connectivity index (χ4v) is 3.44. The van der Waals surface area contributed by atoms with Gasteiger partial charge in [0, 0.05) is 0 Å². The van der Waals surface area contributed by atoms with E-state index in [-0.39, 0.29) is 16.9 Å². The maximum absolute atomic E-state index is 14.1. The number of alkyl halides is 3. The van der Waals surface area contributed by atoms with E-state index in [1.54, 1.807) is 48.5 Å². The van der Waals surface area contributed by atoms with Gasteiger partial charge in [-0.05, 0) is 72.2 Å². The third-order valence-corrected chi connectivity index (χ3v) is 5.27. The Hall–Kier alpha value is -3.02. The number of rotatable bonds is 9. The van der Waals surface area contributed by atoms with Crippen LogP contribution in [0.15, 0.2) is 72.8 Å². The largest absolute Gasteiger partial charge is 0.484 e. The number of aryl methyl sites for hydroxylation is 1. The molecule has 0 aliphatic rings. The van der Waals surface area contributed by atoms with Crippen molar-refractivity contribution in [2.75, 3.05) is 6.61 Å². The molecule has 0 N–H and O–H groups in total. The van der Waals surface area contributed by atoms with Gasteiger partial charge in [-0.1, -0.05) is 50.2 Å². The van der Waals surface area contributed by atoms with Gasteiger partial charge < -0.3 is 9.47 Å². The Morgan fingerprint density at radius 3 is 2.16 bits per heavy atom. The Morgan fingerprint density at radius 1 is 0.812 bits per heavy atom. The molecule has 32 heavy (non-hydrogen) atoms. The molecule has 0 aliphatic heterocycles. The minimum Gasteiger partial charge on any atom is -0.484 e. The van der Waals surface area contributed by atoms with Crippen LogP contribution in [-0.4, -0.2) is 12.8 Å². The molecule has 170 valence electrons. The molecule has 0 unspecified atom stereocenters. The van der Waals surface area contributed by atoms with Crippen LogP contribution < -0.4 is 9.47 Å². The Morgan fingerprint density at radius 2 is 1.50 bits per heavy atom. The average Bonchev–Trinajstić information content (AvgIpc) is 2.75. The predicted molar refractivity (Wildman–Crippen MR) is 117 cm³/mol. The molecule has 0 saturated carbocycles. The molecule has 3 aromatic carbocycles. The van der Waals surface area contributed by atoms with Crippen LogP contribution in [0.25, 0.3) is 0 Å². The van der Waals surface area contributed by atoms with Crippen molar-refractivity contribution in [2.45, 2.75) is 44.7 Å². The van der Waals surface area contributed by atoms with E-state index in [1.165, 1.54) is 6.07 Å². The van der Waals surface area contributed by atoms with Gasteiger partial charge in [0.1, 0.15) is 11.5 Å². The van der Waals surface area contributed by atoms with Crippen LogP contribution in [0, 0.1) is 5.82 Å². The first kappa shape index (κ1) is 23.6. The molecule has 0 amide bonds. The molecule has 3 aromatic rings. The summed E-state index contributed by atoms with van der Waals surface area (Å²) in [6.45, 7) is 2.88. The van der Waals surface area contributed by atoms with Gasteiger partial charge in [0.2, 0.25) is 0 Å². The van der Waals surface area contributed by atoms with Gasteiger partial charge in [0.25, 0.3) is 0 Å². The van der Waals surface area contributed by atoms with Gasteiger partial charge in [-0.25, -0.2) is 4.39 Å². The minimum atomic E-state index is -4.36. The molecule has 0 bridgehead atoms. The highest BCUT2D eigenvalue weighted by molar-refractivity contribution is 5.35. The summed E-state index contributed by atoms with van der Waals surface area (Å²) in [5.41, 5.74) is 1.82. The number of hydrogen-bond donors (Lipinski definition) is 0. The maximum Gasteiger partial charge on any atom is 0.422 e. The van der Waals surface area contributed by atoms with Crippen LogP contribution in [0.1, 0.15) is 37.8 Å². The Kier molecular flexibility index (Phi) is 7.44. The van der Waals surface area contributed by atoms with Crippen molar-refractivity contribution >= 4 is 0 Å². The highest BCUT2D eigenvalue weighted by Gasteiger charge is 2.28. The first-order chi connectivity index (χ1) is 15.1. The van der Waals surface area contributed by atoms with Crippen LogP contribution in [0.4, 0.5) is 17.6 Å². The summed E-state index contributed by atoms with van der Waals surface area (Å²) >= 11 is 0. The SMILES string of the molecule is CC(C)(CCCc1ccc(F)c(Oc2ccccc2)c1)c1ccc(OCC(F)(F)F)cc1. The molecule has 0 spiro atoms. The van der Waals surface area contributed by atoms with Crippen molar-refractivity contribution in [2.24, 2.45) is 0 Å². The summed E-state index contributed by atoms with van der Waals surface area (Å²) in [5, 5.41) is 0. The highest BCUT2D eigenvalue weighted by Crippen LogP contribution is 2.32. The zero-order valence-corrected chi connectivity index (χ0v) is 18.1. The third-order valence-electron chi connectivity index (χ3n) is 5.27. The number of ether oxygens (including phenoxy) is 2. The normalized spacial score (nSPS) is 11.9. The number of halogens is 4. The Bertz CT molecular complexity index is 997. The lowest BCUT2D eigenvalue weighted by atomic mass is 9.80. The second kappa shape index (κ2) is 10.1. The molecule has 0 saturated heterocycles. The number of benzene rings is 3. The van der Waals surface area contributed by atoms with Crippen LogP contribution in [-0.2, 0) is 11.8 Å². The Balaban J connectivity index is 1.56. The molecular formula is C26H26F4O2. The molecule has 0 aliphatic carbocycles. The number of para-hydroxylation sites is 1. The van der Waals surface area contributed by atoms with Crippen LogP contribution in [0.5, 0.6) is 17.2 Å². The Labute approximate surface area is 185 Å². The molecule has 3 rings (SSSR count). The standard InChI is InChI=1S/C26H26F4O2/c1-25(2,20-11-13-21(14-12-20)31-18-26(28,29)30)16-6-7-19-10-15-23(27)24(17-19)32-22-8-4-3-5-9-22/h3-5,8-15,17H,6-7,16,18H2,1-2H3. The van der Waals surface area contributed by atoms with Crippen molar-refractivity contribution in [3.8, 4) is 17.2 Å². The van der Waals surface area contributed by atoms with Gasteiger partial charge >= 0.3 is 6.18 Å². The van der Waals surface area contributed by atoms with Crippen molar-refractivity contribution in [3.63, 3.8) is 0 Å². The molecule has 0 fully saturated rings. The second-order valence-corrected chi connectivity index (χ2v) is 8.35. The van der Waals surface area contributed by atoms with E-state index in [1.807, 2.05) is 18.2 Å². The van der Waals surface area contributed by atoms with E-state index in [4.69, 9.17) is 9.47 Å². The molecule has 2 nitrogen and oxygen atoms in total. The van der Waals surface area contributed by atoms with Gasteiger partial charge in [-0.3, -0.25) is 0 Å². The first-order valence-electron chi connectivity index (χ1n) is 10.4. The molecule has 0 radical (unpaired) electrons. The molecular weight excluding hydrogens is 420 g/mol. The fraction of sp³-hybridized carbons (Fsp3) is 0.308. The predicted octanol–water partition coefficient (Wildman–Crippen LogP) is 7.86. The van der Waals surface area contributed by atoms with Crippen molar-refractivity contribution < 1.29 is 27.0 Å². The van der Waals surface area contributed by atoms with Crippen LogP contribution >= 0.6 is 0 Å². The average molecular weight is 446 g/mol. The van der Waals surface area contributed by atoms with Crippen molar-refractivity contribution in [3.05, 3.63) is 89.7 Å². The van der Waals surface area contributed by atoms with Gasteiger partial charge in [-0.2, -0.15) is 13.2 Å². The van der Waals surface area contributed by atoms with E-state index in [0.717, 1.165) is 30.4 Å². The summed E-state index contributed by atoms with van der Waals surface area (Å²) in [6, 6.07) is 20.7. The molecule has 0 atom stereocenters. The minimum absolute atomic E-state index is 0.175. The molecule has 6 heteroatoms. The summed E-state index contributed by atoms with van der Waals surface area (Å²) in [5.74, 6) is 0.555. The zero-order valence-electron chi connectivity index (χ0n) is 18.1. The maximum atomic E-state index is 14.1. The van der Waals surface area contributed by atoms with E-state index in [2.05, 4.69) is 13.8 Å². The lowest BCUT2D eigenvalue weighted by Gasteiger charge is -2.25. The van der Waals surface area contributed by atoms with Crippen LogP contribution in [0.2, 0.25) is 0 Å². The quantitative estimate of drug-likeness (QED) is 0.312. The smallest absolute Gasteiger partial charge is 0.422 e. The zero-order chi connectivity index (χ0) is 23.2. The summed E-state index contributed by atoms with van der Waals surface area (Å²) < 4.78 is 61.5. The highest BCUT2D eigenvalue weighted by atomic mass is 19.4. The third kappa shape index (κ3) is 7.01. The van der Waals surface area contributed by atoms with Gasteiger partial charge in [0.05, 0.1) is 0 Å². The van der Waals surface area contributed by atoms with Gasteiger partial charge in [0.15, 0.2) is 18.2 Å². The summed E-state index contributed by atoms with van der Waals surface area (Å²) in [6.07, 6.45) is -1.90. The second-order valence-electron chi connectivity index (χ2n) is 8.35. The summed E-state index contributed by atoms with van der Waals surface area (Å²) in [7, 11) is 0. The monoisotopic (exact) mass is 446 g/mol. The lowest BCUT2D eigenvalue weighted by molar-refractivity contribution is -0.153. The van der Waals surface area contributed by atoms with E-state index in [9.17, 15) is 17.6 Å². The summed E-state index contributed by atoms with van der Waals surface area (Å²) in [4.78, 5) is 0. The first-order valence-corrected chi connectivity index (χ1v) is 10.4. The topological polar surface area (TPSA) is 18.5 Å². The van der Waals surface area contributed by atoms with Crippen LogP contribution in [0.3, 0.4) is 0 Å². The van der Waals surface area contributed by atoms with Gasteiger partial charge in [-0.15, -0.1) is 0 Å². The molecule has 0 heterocycles.